The van der Waals surface area contributed by atoms with Crippen LogP contribution in [-0.4, -0.2) is 47.2 Å². The van der Waals surface area contributed by atoms with E-state index in [9.17, 15) is 4.79 Å². The van der Waals surface area contributed by atoms with Crippen molar-refractivity contribution >= 4 is 5.91 Å². The van der Waals surface area contributed by atoms with Crippen LogP contribution in [0.1, 0.15) is 43.5 Å². The summed E-state index contributed by atoms with van der Waals surface area (Å²) >= 11 is 0. The highest BCUT2D eigenvalue weighted by atomic mass is 16.5. The number of likely N-dealkylation sites (tertiary alicyclic amines) is 1. The molecule has 0 spiro atoms. The van der Waals surface area contributed by atoms with Crippen molar-refractivity contribution in [1.82, 2.24) is 20.4 Å². The predicted molar refractivity (Wildman–Crippen MR) is 69.7 cm³/mol. The van der Waals surface area contributed by atoms with Crippen LogP contribution in [0.2, 0.25) is 0 Å². The smallest absolute Gasteiger partial charge is 0.255 e. The number of hydrogen-bond acceptors (Lipinski definition) is 6. The molecule has 7 heteroatoms. The zero-order valence-corrected chi connectivity index (χ0v) is 11.5. The Balaban J connectivity index is 1.44. The van der Waals surface area contributed by atoms with Crippen molar-refractivity contribution < 1.29 is 14.1 Å². The van der Waals surface area contributed by atoms with Crippen LogP contribution in [-0.2, 0) is 16.1 Å². The standard InChI is InChI=1S/C13H20N4O3/c18-12(9-17-5-1-2-6-17)14-8-11-15-13(20-16-11)10-4-3-7-19-10/h10H,1-9H2,(H,14,18). The summed E-state index contributed by atoms with van der Waals surface area (Å²) in [4.78, 5) is 18.2. The van der Waals surface area contributed by atoms with Gasteiger partial charge in [-0.15, -0.1) is 0 Å². The molecule has 0 aliphatic carbocycles. The summed E-state index contributed by atoms with van der Waals surface area (Å²) in [6.45, 7) is 3.53. The molecule has 1 N–H and O–H groups in total. The summed E-state index contributed by atoms with van der Waals surface area (Å²) in [6.07, 6.45) is 4.24. The van der Waals surface area contributed by atoms with Gasteiger partial charge in [0.05, 0.1) is 13.1 Å². The third-order valence-corrected chi connectivity index (χ3v) is 3.70. The number of rotatable bonds is 5. The maximum atomic E-state index is 11.8. The maximum Gasteiger partial charge on any atom is 0.255 e. The number of aromatic nitrogens is 2. The SMILES string of the molecule is O=C(CN1CCCC1)NCc1noc(C2CCCO2)n1. The molecule has 1 unspecified atom stereocenters. The van der Waals surface area contributed by atoms with Gasteiger partial charge < -0.3 is 14.6 Å². The van der Waals surface area contributed by atoms with Crippen LogP contribution in [0.3, 0.4) is 0 Å². The second-order valence-corrected chi connectivity index (χ2v) is 5.31. The van der Waals surface area contributed by atoms with Crippen molar-refractivity contribution in [2.45, 2.75) is 38.3 Å². The minimum atomic E-state index is -0.0726. The number of carbonyl (C=O) groups excluding carboxylic acids is 1. The Morgan fingerprint density at radius 3 is 2.95 bits per heavy atom. The van der Waals surface area contributed by atoms with Gasteiger partial charge in [-0.2, -0.15) is 4.98 Å². The second-order valence-electron chi connectivity index (χ2n) is 5.31. The summed E-state index contributed by atoms with van der Waals surface area (Å²) in [5, 5.41) is 6.69. The first-order chi connectivity index (χ1) is 9.81. The maximum absolute atomic E-state index is 11.8. The normalized spacial score (nSPS) is 23.3. The van der Waals surface area contributed by atoms with Gasteiger partial charge >= 0.3 is 0 Å². The summed E-state index contributed by atoms with van der Waals surface area (Å²) in [5.41, 5.74) is 0. The predicted octanol–water partition coefficient (Wildman–Crippen LogP) is 0.633. The molecule has 0 radical (unpaired) electrons. The van der Waals surface area contributed by atoms with Crippen molar-refractivity contribution in [2.75, 3.05) is 26.2 Å². The molecular formula is C13H20N4O3. The van der Waals surface area contributed by atoms with Gasteiger partial charge in [0, 0.05) is 6.61 Å². The van der Waals surface area contributed by atoms with Crippen LogP contribution < -0.4 is 5.32 Å². The highest BCUT2D eigenvalue weighted by Gasteiger charge is 2.24. The number of amides is 1. The monoisotopic (exact) mass is 280 g/mol. The van der Waals surface area contributed by atoms with Crippen LogP contribution in [0.4, 0.5) is 0 Å². The molecule has 0 bridgehead atoms. The van der Waals surface area contributed by atoms with Crippen molar-refractivity contribution in [3.63, 3.8) is 0 Å². The summed E-state index contributed by atoms with van der Waals surface area (Å²) in [6, 6.07) is 0. The number of carbonyl (C=O) groups is 1. The molecule has 3 heterocycles. The Hall–Kier alpha value is -1.47. The number of ether oxygens (including phenoxy) is 1. The van der Waals surface area contributed by atoms with E-state index >= 15 is 0 Å². The van der Waals surface area contributed by atoms with E-state index in [2.05, 4.69) is 20.4 Å². The van der Waals surface area contributed by atoms with E-state index in [0.717, 1.165) is 32.5 Å². The molecule has 0 aromatic carbocycles. The lowest BCUT2D eigenvalue weighted by Gasteiger charge is -2.13. The van der Waals surface area contributed by atoms with E-state index in [-0.39, 0.29) is 12.0 Å². The number of nitrogens with one attached hydrogen (secondary N) is 1. The van der Waals surface area contributed by atoms with Gasteiger partial charge in [0.15, 0.2) is 5.82 Å². The average molecular weight is 280 g/mol. The third-order valence-electron chi connectivity index (χ3n) is 3.70. The van der Waals surface area contributed by atoms with Crippen molar-refractivity contribution in [2.24, 2.45) is 0 Å². The quantitative estimate of drug-likeness (QED) is 0.852. The second kappa shape index (κ2) is 6.32. The molecule has 1 amide bonds. The minimum Gasteiger partial charge on any atom is -0.368 e. The average Bonchev–Trinajstić information content (AvgIpc) is 3.18. The Kier molecular flexibility index (Phi) is 4.27. The molecular weight excluding hydrogens is 260 g/mol. The Labute approximate surface area is 117 Å². The number of hydrogen-bond donors (Lipinski definition) is 1. The Bertz CT molecular complexity index is 450. The zero-order valence-electron chi connectivity index (χ0n) is 11.5. The van der Waals surface area contributed by atoms with Crippen molar-refractivity contribution in [1.29, 1.82) is 0 Å². The zero-order chi connectivity index (χ0) is 13.8. The van der Waals surface area contributed by atoms with Gasteiger partial charge in [0.2, 0.25) is 5.91 Å². The van der Waals surface area contributed by atoms with Crippen LogP contribution in [0.15, 0.2) is 4.52 Å². The molecule has 1 aromatic rings. The summed E-state index contributed by atoms with van der Waals surface area (Å²) in [7, 11) is 0. The van der Waals surface area contributed by atoms with E-state index in [1.165, 1.54) is 12.8 Å². The molecule has 2 fully saturated rings. The first kappa shape index (κ1) is 13.5. The molecule has 20 heavy (non-hydrogen) atoms. The summed E-state index contributed by atoms with van der Waals surface area (Å²) < 4.78 is 10.6. The lowest BCUT2D eigenvalue weighted by molar-refractivity contribution is -0.122. The first-order valence-electron chi connectivity index (χ1n) is 7.24. The van der Waals surface area contributed by atoms with Gasteiger partial charge in [0.1, 0.15) is 6.10 Å². The largest absolute Gasteiger partial charge is 0.368 e. The molecule has 7 nitrogen and oxygen atoms in total. The van der Waals surface area contributed by atoms with Crippen LogP contribution >= 0.6 is 0 Å². The van der Waals surface area contributed by atoms with Gasteiger partial charge in [0.25, 0.3) is 5.89 Å². The van der Waals surface area contributed by atoms with Crippen LogP contribution in [0.25, 0.3) is 0 Å². The Morgan fingerprint density at radius 1 is 1.35 bits per heavy atom. The molecule has 0 saturated carbocycles. The highest BCUT2D eigenvalue weighted by Crippen LogP contribution is 2.26. The topological polar surface area (TPSA) is 80.5 Å². The lowest BCUT2D eigenvalue weighted by atomic mass is 10.2. The van der Waals surface area contributed by atoms with E-state index < -0.39 is 0 Å². The minimum absolute atomic E-state index is 0.00960. The van der Waals surface area contributed by atoms with Gasteiger partial charge in [-0.25, -0.2) is 0 Å². The van der Waals surface area contributed by atoms with E-state index in [0.29, 0.717) is 24.8 Å². The highest BCUT2D eigenvalue weighted by molar-refractivity contribution is 5.77. The molecule has 2 aliphatic rings. The fourth-order valence-corrected chi connectivity index (χ4v) is 2.62. The lowest BCUT2D eigenvalue weighted by Crippen LogP contribution is -2.35. The van der Waals surface area contributed by atoms with E-state index in [4.69, 9.17) is 9.26 Å². The fraction of sp³-hybridized carbons (Fsp3) is 0.769. The molecule has 3 rings (SSSR count). The van der Waals surface area contributed by atoms with Crippen molar-refractivity contribution in [3.05, 3.63) is 11.7 Å². The molecule has 1 atom stereocenters. The van der Waals surface area contributed by atoms with E-state index in [1.54, 1.807) is 0 Å². The van der Waals surface area contributed by atoms with Crippen molar-refractivity contribution in [3.8, 4) is 0 Å². The van der Waals surface area contributed by atoms with Gasteiger partial charge in [-0.05, 0) is 38.8 Å². The molecule has 1 aromatic heterocycles. The Morgan fingerprint density at radius 2 is 2.20 bits per heavy atom. The molecule has 2 aliphatic heterocycles. The van der Waals surface area contributed by atoms with Gasteiger partial charge in [-0.3, -0.25) is 9.69 Å². The number of nitrogens with zero attached hydrogens (tertiary/aromatic N) is 3. The summed E-state index contributed by atoms with van der Waals surface area (Å²) in [5.74, 6) is 1.03. The van der Waals surface area contributed by atoms with E-state index in [1.807, 2.05) is 0 Å². The first-order valence-corrected chi connectivity index (χ1v) is 7.24. The fourth-order valence-electron chi connectivity index (χ4n) is 2.62. The molecule has 2 saturated heterocycles. The molecule has 110 valence electrons. The van der Waals surface area contributed by atoms with Crippen LogP contribution in [0.5, 0.6) is 0 Å². The third kappa shape index (κ3) is 3.34. The van der Waals surface area contributed by atoms with Crippen LogP contribution in [0, 0.1) is 0 Å². The van der Waals surface area contributed by atoms with Gasteiger partial charge in [-0.1, -0.05) is 5.16 Å².